The Morgan fingerprint density at radius 3 is 3.05 bits per heavy atom. The molecule has 1 amide bonds. The topological polar surface area (TPSA) is 54.0 Å². The van der Waals surface area contributed by atoms with Gasteiger partial charge in [0.1, 0.15) is 0 Å². The van der Waals surface area contributed by atoms with Crippen LogP contribution in [0.1, 0.15) is 16.8 Å². The zero-order valence-electron chi connectivity index (χ0n) is 11.2. The first-order valence-electron chi connectivity index (χ1n) is 6.83. The van der Waals surface area contributed by atoms with E-state index in [1.54, 1.807) is 6.20 Å². The largest absolute Gasteiger partial charge is 0.326 e. The number of benzene rings is 1. The standard InChI is InChI=1S/C16H17N3O/c20-16(10-14-3-1-2-7-18-14)19-15-5-4-12-6-8-17-11-13(12)9-15/h1-5,7,9,17H,6,8,10-11H2,(H,19,20). The van der Waals surface area contributed by atoms with Gasteiger partial charge in [0, 0.05) is 24.1 Å². The quantitative estimate of drug-likeness (QED) is 0.893. The van der Waals surface area contributed by atoms with Crippen LogP contribution in [-0.4, -0.2) is 17.4 Å². The van der Waals surface area contributed by atoms with Crippen LogP contribution in [-0.2, 0) is 24.2 Å². The first kappa shape index (κ1) is 12.8. The van der Waals surface area contributed by atoms with Crippen molar-refractivity contribution in [2.75, 3.05) is 11.9 Å². The van der Waals surface area contributed by atoms with Crippen molar-refractivity contribution in [3.63, 3.8) is 0 Å². The van der Waals surface area contributed by atoms with Crippen molar-refractivity contribution in [1.29, 1.82) is 0 Å². The van der Waals surface area contributed by atoms with Gasteiger partial charge in [0.05, 0.1) is 6.42 Å². The molecule has 2 aromatic rings. The summed E-state index contributed by atoms with van der Waals surface area (Å²) in [5, 5.41) is 6.27. The number of carbonyl (C=O) groups excluding carboxylic acids is 1. The van der Waals surface area contributed by atoms with Gasteiger partial charge in [0.2, 0.25) is 5.91 Å². The third kappa shape index (κ3) is 3.03. The highest BCUT2D eigenvalue weighted by atomic mass is 16.1. The molecule has 0 unspecified atom stereocenters. The van der Waals surface area contributed by atoms with E-state index in [9.17, 15) is 4.79 Å². The van der Waals surface area contributed by atoms with E-state index >= 15 is 0 Å². The number of nitrogens with one attached hydrogen (secondary N) is 2. The number of anilines is 1. The summed E-state index contributed by atoms with van der Waals surface area (Å²) in [4.78, 5) is 16.1. The highest BCUT2D eigenvalue weighted by Gasteiger charge is 2.10. The number of pyridine rings is 1. The SMILES string of the molecule is O=C(Cc1ccccn1)Nc1ccc2c(c1)CNCC2. The summed E-state index contributed by atoms with van der Waals surface area (Å²) in [6, 6.07) is 11.7. The van der Waals surface area contributed by atoms with E-state index in [2.05, 4.69) is 27.8 Å². The number of carbonyl (C=O) groups is 1. The molecule has 2 heterocycles. The number of fused-ring (bicyclic) bond motifs is 1. The molecule has 4 heteroatoms. The Balaban J connectivity index is 1.67. The number of aromatic nitrogens is 1. The minimum absolute atomic E-state index is 0.0348. The zero-order valence-corrected chi connectivity index (χ0v) is 11.2. The minimum Gasteiger partial charge on any atom is -0.326 e. The molecule has 4 nitrogen and oxygen atoms in total. The van der Waals surface area contributed by atoms with Gasteiger partial charge in [0.15, 0.2) is 0 Å². The van der Waals surface area contributed by atoms with Crippen molar-refractivity contribution in [2.45, 2.75) is 19.4 Å². The molecule has 0 saturated carbocycles. The summed E-state index contributed by atoms with van der Waals surface area (Å²) in [7, 11) is 0. The molecule has 20 heavy (non-hydrogen) atoms. The van der Waals surface area contributed by atoms with Crippen molar-refractivity contribution < 1.29 is 4.79 Å². The van der Waals surface area contributed by atoms with Crippen LogP contribution in [0.25, 0.3) is 0 Å². The number of amides is 1. The van der Waals surface area contributed by atoms with Crippen molar-refractivity contribution >= 4 is 11.6 Å². The van der Waals surface area contributed by atoms with Crippen LogP contribution in [0.15, 0.2) is 42.6 Å². The molecule has 102 valence electrons. The monoisotopic (exact) mass is 267 g/mol. The van der Waals surface area contributed by atoms with Gasteiger partial charge in [-0.05, 0) is 48.4 Å². The Kier molecular flexibility index (Phi) is 3.74. The zero-order chi connectivity index (χ0) is 13.8. The lowest BCUT2D eigenvalue weighted by molar-refractivity contribution is -0.115. The molecule has 0 spiro atoms. The fraction of sp³-hybridized carbons (Fsp3) is 0.250. The van der Waals surface area contributed by atoms with Crippen LogP contribution in [0.3, 0.4) is 0 Å². The van der Waals surface area contributed by atoms with Gasteiger partial charge in [0.25, 0.3) is 0 Å². The normalized spacial score (nSPS) is 13.6. The molecule has 0 radical (unpaired) electrons. The first-order chi connectivity index (χ1) is 9.81. The molecule has 0 fully saturated rings. The van der Waals surface area contributed by atoms with Crippen LogP contribution in [0.2, 0.25) is 0 Å². The Hall–Kier alpha value is -2.20. The fourth-order valence-corrected chi connectivity index (χ4v) is 2.43. The third-order valence-corrected chi connectivity index (χ3v) is 3.44. The van der Waals surface area contributed by atoms with E-state index in [1.807, 2.05) is 24.3 Å². The summed E-state index contributed by atoms with van der Waals surface area (Å²) in [5.74, 6) is -0.0348. The van der Waals surface area contributed by atoms with E-state index in [-0.39, 0.29) is 5.91 Å². The molecule has 1 aromatic carbocycles. The number of hydrogen-bond donors (Lipinski definition) is 2. The summed E-state index contributed by atoms with van der Waals surface area (Å²) < 4.78 is 0. The van der Waals surface area contributed by atoms with Crippen molar-refractivity contribution in [3.8, 4) is 0 Å². The molecule has 3 rings (SSSR count). The van der Waals surface area contributed by atoms with Crippen LogP contribution in [0, 0.1) is 0 Å². The molecule has 0 saturated heterocycles. The van der Waals surface area contributed by atoms with Crippen LogP contribution in [0.4, 0.5) is 5.69 Å². The van der Waals surface area contributed by atoms with Crippen molar-refractivity contribution in [3.05, 3.63) is 59.4 Å². The van der Waals surface area contributed by atoms with Gasteiger partial charge in [-0.25, -0.2) is 0 Å². The second kappa shape index (κ2) is 5.84. The number of hydrogen-bond acceptors (Lipinski definition) is 3. The van der Waals surface area contributed by atoms with E-state index in [0.717, 1.165) is 30.9 Å². The van der Waals surface area contributed by atoms with Gasteiger partial charge in [-0.3, -0.25) is 9.78 Å². The van der Waals surface area contributed by atoms with E-state index in [1.165, 1.54) is 11.1 Å². The summed E-state index contributed by atoms with van der Waals surface area (Å²) in [5.41, 5.74) is 4.27. The van der Waals surface area contributed by atoms with E-state index in [0.29, 0.717) is 6.42 Å². The van der Waals surface area contributed by atoms with Crippen LogP contribution >= 0.6 is 0 Å². The van der Waals surface area contributed by atoms with E-state index in [4.69, 9.17) is 0 Å². The molecule has 1 aromatic heterocycles. The Labute approximate surface area is 118 Å². The second-order valence-corrected chi connectivity index (χ2v) is 4.96. The van der Waals surface area contributed by atoms with Crippen molar-refractivity contribution in [1.82, 2.24) is 10.3 Å². The Morgan fingerprint density at radius 1 is 1.25 bits per heavy atom. The summed E-state index contributed by atoms with van der Waals surface area (Å²) >= 11 is 0. The third-order valence-electron chi connectivity index (χ3n) is 3.44. The highest BCUT2D eigenvalue weighted by molar-refractivity contribution is 5.92. The van der Waals surface area contributed by atoms with Gasteiger partial charge < -0.3 is 10.6 Å². The average molecular weight is 267 g/mol. The molecule has 0 atom stereocenters. The van der Waals surface area contributed by atoms with Gasteiger partial charge in [-0.15, -0.1) is 0 Å². The molecule has 2 N–H and O–H groups in total. The molecule has 0 aliphatic carbocycles. The van der Waals surface area contributed by atoms with Gasteiger partial charge in [-0.2, -0.15) is 0 Å². The van der Waals surface area contributed by atoms with Gasteiger partial charge >= 0.3 is 0 Å². The summed E-state index contributed by atoms with van der Waals surface area (Å²) in [6.07, 6.45) is 3.06. The Morgan fingerprint density at radius 2 is 2.20 bits per heavy atom. The highest BCUT2D eigenvalue weighted by Crippen LogP contribution is 2.19. The lowest BCUT2D eigenvalue weighted by Crippen LogP contribution is -2.24. The second-order valence-electron chi connectivity index (χ2n) is 4.96. The summed E-state index contributed by atoms with van der Waals surface area (Å²) in [6.45, 7) is 1.90. The smallest absolute Gasteiger partial charge is 0.230 e. The predicted octanol–water partition coefficient (Wildman–Crippen LogP) is 1.91. The van der Waals surface area contributed by atoms with Gasteiger partial charge in [-0.1, -0.05) is 12.1 Å². The predicted molar refractivity (Wildman–Crippen MR) is 78.4 cm³/mol. The van der Waals surface area contributed by atoms with Crippen molar-refractivity contribution in [2.24, 2.45) is 0 Å². The number of rotatable bonds is 3. The molecular weight excluding hydrogens is 250 g/mol. The lowest BCUT2D eigenvalue weighted by atomic mass is 10.0. The average Bonchev–Trinajstić information content (AvgIpc) is 2.48. The maximum atomic E-state index is 12.0. The first-order valence-corrected chi connectivity index (χ1v) is 6.83. The Bertz CT molecular complexity index is 610. The molecule has 0 bridgehead atoms. The minimum atomic E-state index is -0.0348. The molecule has 1 aliphatic rings. The van der Waals surface area contributed by atoms with Crippen LogP contribution < -0.4 is 10.6 Å². The maximum Gasteiger partial charge on any atom is 0.230 e. The van der Waals surface area contributed by atoms with E-state index < -0.39 is 0 Å². The number of nitrogens with zero attached hydrogens (tertiary/aromatic N) is 1. The maximum absolute atomic E-state index is 12.0. The van der Waals surface area contributed by atoms with Crippen LogP contribution in [0.5, 0.6) is 0 Å². The lowest BCUT2D eigenvalue weighted by Gasteiger charge is -2.18. The molecular formula is C16H17N3O. The fourth-order valence-electron chi connectivity index (χ4n) is 2.43. The molecule has 1 aliphatic heterocycles.